The first-order valence-electron chi connectivity index (χ1n) is 11.3. The zero-order chi connectivity index (χ0) is 24.7. The summed E-state index contributed by atoms with van der Waals surface area (Å²) in [6, 6.07) is 17.6. The summed E-state index contributed by atoms with van der Waals surface area (Å²) < 4.78 is 35.7. The van der Waals surface area contributed by atoms with E-state index in [1.807, 2.05) is 6.07 Å². The molecular formula is C25H27N5O4S. The van der Waals surface area contributed by atoms with Crippen molar-refractivity contribution in [3.63, 3.8) is 0 Å². The Bertz CT molecular complexity index is 1300. The predicted molar refractivity (Wildman–Crippen MR) is 133 cm³/mol. The van der Waals surface area contributed by atoms with Gasteiger partial charge < -0.3 is 14.4 Å². The molecule has 1 fully saturated rings. The van der Waals surface area contributed by atoms with Crippen molar-refractivity contribution in [2.24, 2.45) is 0 Å². The molecule has 10 heteroatoms. The average Bonchev–Trinajstić information content (AvgIpc) is 2.87. The molecule has 0 atom stereocenters. The molecule has 35 heavy (non-hydrogen) atoms. The van der Waals surface area contributed by atoms with E-state index in [-0.39, 0.29) is 13.2 Å². The van der Waals surface area contributed by atoms with Crippen molar-refractivity contribution in [3.05, 3.63) is 71.7 Å². The molecular weight excluding hydrogens is 466 g/mol. The van der Waals surface area contributed by atoms with E-state index < -0.39 is 10.0 Å². The molecule has 1 aliphatic rings. The number of nitriles is 1. The van der Waals surface area contributed by atoms with Crippen molar-refractivity contribution in [1.29, 1.82) is 5.26 Å². The topological polar surface area (TPSA) is 117 Å². The molecule has 1 saturated heterocycles. The zero-order valence-electron chi connectivity index (χ0n) is 19.5. The first kappa shape index (κ1) is 24.6. The number of anilines is 1. The molecule has 0 unspecified atom stereocenters. The van der Waals surface area contributed by atoms with Gasteiger partial charge in [-0.05, 0) is 42.0 Å². The second-order valence-corrected chi connectivity index (χ2v) is 9.97. The minimum absolute atomic E-state index is 0.114. The lowest BCUT2D eigenvalue weighted by atomic mass is 10.1. The molecule has 0 radical (unpaired) electrons. The highest BCUT2D eigenvalue weighted by Crippen LogP contribution is 2.26. The van der Waals surface area contributed by atoms with Crippen molar-refractivity contribution in [3.8, 4) is 23.1 Å². The van der Waals surface area contributed by atoms with Crippen molar-refractivity contribution in [1.82, 2.24) is 14.7 Å². The third-order valence-electron chi connectivity index (χ3n) is 5.50. The molecule has 1 N–H and O–H groups in total. The van der Waals surface area contributed by atoms with Gasteiger partial charge in [-0.15, -0.1) is 0 Å². The number of morpholine rings is 1. The number of ether oxygens (including phenoxy) is 2. The summed E-state index contributed by atoms with van der Waals surface area (Å²) >= 11 is 0. The van der Waals surface area contributed by atoms with Crippen molar-refractivity contribution in [2.75, 3.05) is 50.6 Å². The summed E-state index contributed by atoms with van der Waals surface area (Å²) in [5.41, 5.74) is 4.13. The second kappa shape index (κ2) is 11.3. The van der Waals surface area contributed by atoms with Crippen LogP contribution in [0.4, 0.5) is 5.69 Å². The molecule has 0 amide bonds. The lowest BCUT2D eigenvalue weighted by molar-refractivity contribution is 0.122. The molecule has 2 heterocycles. The Morgan fingerprint density at radius 1 is 1.14 bits per heavy atom. The fraction of sp³-hybridized carbons (Fsp3) is 0.320. The van der Waals surface area contributed by atoms with Crippen LogP contribution < -0.4 is 14.4 Å². The van der Waals surface area contributed by atoms with Gasteiger partial charge in [0.25, 0.3) is 0 Å². The summed E-state index contributed by atoms with van der Waals surface area (Å²) in [7, 11) is -3.29. The molecule has 9 nitrogen and oxygen atoms in total. The Balaban J connectivity index is 1.43. The summed E-state index contributed by atoms with van der Waals surface area (Å²) in [6.07, 6.45) is 3.39. The highest BCUT2D eigenvalue weighted by Gasteiger charge is 2.12. The average molecular weight is 494 g/mol. The molecule has 1 aliphatic heterocycles. The van der Waals surface area contributed by atoms with Gasteiger partial charge in [0.1, 0.15) is 24.3 Å². The van der Waals surface area contributed by atoms with Crippen LogP contribution in [0.5, 0.6) is 5.75 Å². The lowest BCUT2D eigenvalue weighted by Crippen LogP contribution is -2.36. The number of nitrogens with zero attached hydrogens (tertiary/aromatic N) is 4. The quantitative estimate of drug-likeness (QED) is 0.452. The van der Waals surface area contributed by atoms with Crippen molar-refractivity contribution >= 4 is 15.7 Å². The third kappa shape index (κ3) is 6.99. The fourth-order valence-corrected chi connectivity index (χ4v) is 4.22. The molecule has 0 spiro atoms. The van der Waals surface area contributed by atoms with Gasteiger partial charge in [-0.25, -0.2) is 23.1 Å². The highest BCUT2D eigenvalue weighted by molar-refractivity contribution is 7.88. The standard InChI is InChI=1S/C25H27N5O4S/c1-35(31,32)28-10-13-34-24-7-4-20(17-21(24)18-26)23-8-9-27-25(29-23)16-19-2-5-22(6-3-19)30-11-14-33-15-12-30/h2-9,17,28H,10-16H2,1H3. The highest BCUT2D eigenvalue weighted by atomic mass is 32.2. The second-order valence-electron chi connectivity index (χ2n) is 8.14. The van der Waals surface area contributed by atoms with Crippen molar-refractivity contribution in [2.45, 2.75) is 6.42 Å². The maximum absolute atomic E-state index is 11.2. The van der Waals surface area contributed by atoms with E-state index in [0.29, 0.717) is 29.3 Å². The molecule has 182 valence electrons. The fourth-order valence-electron chi connectivity index (χ4n) is 3.76. The Hall–Kier alpha value is -3.52. The van der Waals surface area contributed by atoms with Gasteiger partial charge >= 0.3 is 0 Å². The minimum Gasteiger partial charge on any atom is -0.491 e. The van der Waals surface area contributed by atoms with Gasteiger partial charge in [0, 0.05) is 43.5 Å². The largest absolute Gasteiger partial charge is 0.491 e. The summed E-state index contributed by atoms with van der Waals surface area (Å²) in [4.78, 5) is 11.4. The Morgan fingerprint density at radius 2 is 1.91 bits per heavy atom. The van der Waals surface area contributed by atoms with E-state index in [0.717, 1.165) is 43.7 Å². The molecule has 2 aromatic carbocycles. The Morgan fingerprint density at radius 3 is 2.63 bits per heavy atom. The number of hydrogen-bond acceptors (Lipinski definition) is 8. The molecule has 0 saturated carbocycles. The van der Waals surface area contributed by atoms with Crippen LogP contribution in [0.2, 0.25) is 0 Å². The number of benzene rings is 2. The van der Waals surface area contributed by atoms with Crippen LogP contribution in [0.3, 0.4) is 0 Å². The monoisotopic (exact) mass is 493 g/mol. The normalized spacial score (nSPS) is 13.9. The Labute approximate surface area is 205 Å². The summed E-state index contributed by atoms with van der Waals surface area (Å²) in [5.74, 6) is 1.08. The maximum Gasteiger partial charge on any atom is 0.208 e. The van der Waals surface area contributed by atoms with E-state index in [2.05, 4.69) is 44.9 Å². The third-order valence-corrected chi connectivity index (χ3v) is 6.23. The van der Waals surface area contributed by atoms with Crippen LogP contribution in [0.15, 0.2) is 54.7 Å². The molecule has 3 aromatic rings. The summed E-state index contributed by atoms with van der Waals surface area (Å²) in [5, 5.41) is 9.56. The number of aromatic nitrogens is 2. The van der Waals surface area contributed by atoms with E-state index >= 15 is 0 Å². The number of sulfonamides is 1. The number of nitrogens with one attached hydrogen (secondary N) is 1. The number of rotatable bonds is 9. The van der Waals surface area contributed by atoms with Crippen LogP contribution in [-0.2, 0) is 21.2 Å². The van der Waals surface area contributed by atoms with Crippen LogP contribution in [0, 0.1) is 11.3 Å². The molecule has 0 bridgehead atoms. The first-order chi connectivity index (χ1) is 16.9. The van der Waals surface area contributed by atoms with Crippen LogP contribution in [0.25, 0.3) is 11.3 Å². The smallest absolute Gasteiger partial charge is 0.208 e. The van der Waals surface area contributed by atoms with Gasteiger partial charge in [0.15, 0.2) is 0 Å². The number of hydrogen-bond donors (Lipinski definition) is 1. The molecule has 0 aliphatic carbocycles. The van der Waals surface area contributed by atoms with E-state index in [1.54, 1.807) is 24.4 Å². The van der Waals surface area contributed by atoms with Gasteiger partial charge in [0.2, 0.25) is 10.0 Å². The lowest BCUT2D eigenvalue weighted by Gasteiger charge is -2.28. The Kier molecular flexibility index (Phi) is 7.92. The van der Waals surface area contributed by atoms with Gasteiger partial charge in [-0.1, -0.05) is 12.1 Å². The van der Waals surface area contributed by atoms with Gasteiger partial charge in [0.05, 0.1) is 30.7 Å². The van der Waals surface area contributed by atoms with Crippen LogP contribution in [0.1, 0.15) is 17.0 Å². The molecule has 4 rings (SSSR count). The molecule has 1 aromatic heterocycles. The zero-order valence-corrected chi connectivity index (χ0v) is 20.3. The maximum atomic E-state index is 11.2. The first-order valence-corrected chi connectivity index (χ1v) is 13.2. The summed E-state index contributed by atoms with van der Waals surface area (Å²) in [6.45, 7) is 3.54. The van der Waals surface area contributed by atoms with Gasteiger partial charge in [-0.3, -0.25) is 0 Å². The predicted octanol–water partition coefficient (Wildman–Crippen LogP) is 2.37. The van der Waals surface area contributed by atoms with Crippen LogP contribution >= 0.6 is 0 Å². The van der Waals surface area contributed by atoms with E-state index in [1.165, 1.54) is 5.69 Å². The van der Waals surface area contributed by atoms with Crippen LogP contribution in [-0.4, -0.2) is 64.1 Å². The van der Waals surface area contributed by atoms with E-state index in [9.17, 15) is 13.7 Å². The van der Waals surface area contributed by atoms with Crippen molar-refractivity contribution < 1.29 is 17.9 Å². The SMILES string of the molecule is CS(=O)(=O)NCCOc1ccc(-c2ccnc(Cc3ccc(N4CCOCC4)cc3)n2)cc1C#N. The van der Waals surface area contributed by atoms with E-state index in [4.69, 9.17) is 14.5 Å². The minimum atomic E-state index is -3.29. The van der Waals surface area contributed by atoms with Gasteiger partial charge in [-0.2, -0.15) is 5.26 Å².